The highest BCUT2D eigenvalue weighted by Crippen LogP contribution is 2.25. The average Bonchev–Trinajstić information content (AvgIpc) is 2.44. The van der Waals surface area contributed by atoms with Crippen molar-refractivity contribution in [3.8, 4) is 5.75 Å². The van der Waals surface area contributed by atoms with Gasteiger partial charge in [-0.05, 0) is 56.8 Å². The van der Waals surface area contributed by atoms with Gasteiger partial charge in [-0.3, -0.25) is 4.90 Å². The van der Waals surface area contributed by atoms with Crippen LogP contribution in [0.3, 0.4) is 0 Å². The van der Waals surface area contributed by atoms with Gasteiger partial charge in [0, 0.05) is 13.1 Å². The van der Waals surface area contributed by atoms with Crippen LogP contribution in [0.5, 0.6) is 5.75 Å². The minimum Gasteiger partial charge on any atom is -0.493 e. The summed E-state index contributed by atoms with van der Waals surface area (Å²) in [6, 6.07) is 4.55. The van der Waals surface area contributed by atoms with Crippen LogP contribution in [-0.2, 0) is 11.2 Å². The van der Waals surface area contributed by atoms with Gasteiger partial charge in [-0.15, -0.1) is 0 Å². The van der Waals surface area contributed by atoms with Crippen molar-refractivity contribution in [3.05, 3.63) is 28.8 Å². The third kappa shape index (κ3) is 4.22. The summed E-state index contributed by atoms with van der Waals surface area (Å²) in [5, 5.41) is 0. The summed E-state index contributed by atoms with van der Waals surface area (Å²) in [5.41, 5.74) is 3.94. The number of ether oxygens (including phenoxy) is 2. The number of aryl methyl sites for hydroxylation is 3. The average molecular weight is 277 g/mol. The van der Waals surface area contributed by atoms with Crippen LogP contribution in [0.4, 0.5) is 0 Å². The first-order chi connectivity index (χ1) is 9.70. The fourth-order valence-corrected chi connectivity index (χ4v) is 2.89. The number of hydrogen-bond acceptors (Lipinski definition) is 3. The van der Waals surface area contributed by atoms with E-state index in [1.165, 1.54) is 29.7 Å². The molecule has 0 atom stereocenters. The fraction of sp³-hybridized carbons (Fsp3) is 0.647. The van der Waals surface area contributed by atoms with E-state index in [0.717, 1.165) is 45.1 Å². The molecular formula is C17H27NO2. The molecule has 1 aromatic rings. The molecule has 3 nitrogen and oxygen atoms in total. The van der Waals surface area contributed by atoms with Gasteiger partial charge in [0.1, 0.15) is 5.75 Å². The minimum atomic E-state index is 0.734. The summed E-state index contributed by atoms with van der Waals surface area (Å²) in [6.45, 7) is 12.2. The van der Waals surface area contributed by atoms with Gasteiger partial charge in [-0.25, -0.2) is 0 Å². The van der Waals surface area contributed by atoms with Crippen molar-refractivity contribution in [1.29, 1.82) is 0 Å². The Labute approximate surface area is 122 Å². The highest BCUT2D eigenvalue weighted by atomic mass is 16.5. The van der Waals surface area contributed by atoms with E-state index < -0.39 is 0 Å². The normalized spacial score (nSPS) is 16.4. The van der Waals surface area contributed by atoms with Crippen LogP contribution in [0.1, 0.15) is 30.0 Å². The Balaban J connectivity index is 1.86. The zero-order valence-corrected chi connectivity index (χ0v) is 13.1. The van der Waals surface area contributed by atoms with Crippen LogP contribution in [-0.4, -0.2) is 44.4 Å². The highest BCUT2D eigenvalue weighted by Gasteiger charge is 2.10. The summed E-state index contributed by atoms with van der Waals surface area (Å²) in [4.78, 5) is 2.50. The summed E-state index contributed by atoms with van der Waals surface area (Å²) in [6.07, 6.45) is 2.36. The van der Waals surface area contributed by atoms with Crippen LogP contribution in [0.15, 0.2) is 12.1 Å². The third-order valence-electron chi connectivity index (χ3n) is 3.85. The van der Waals surface area contributed by atoms with Crippen molar-refractivity contribution in [2.24, 2.45) is 0 Å². The number of hydrogen-bond donors (Lipinski definition) is 0. The van der Waals surface area contributed by atoms with E-state index in [4.69, 9.17) is 9.47 Å². The van der Waals surface area contributed by atoms with Crippen LogP contribution in [0.2, 0.25) is 0 Å². The number of benzene rings is 1. The number of morpholine rings is 1. The molecule has 0 bridgehead atoms. The molecule has 112 valence electrons. The lowest BCUT2D eigenvalue weighted by Crippen LogP contribution is -2.36. The molecule has 1 aliphatic rings. The molecule has 1 aliphatic heterocycles. The third-order valence-corrected chi connectivity index (χ3v) is 3.85. The molecule has 0 spiro atoms. The highest BCUT2D eigenvalue weighted by molar-refractivity contribution is 5.43. The molecule has 0 unspecified atom stereocenters. The standard InChI is InChI=1S/C17H27NO2/c1-4-20-17-14(2)12-16(13-15(17)3)6-5-7-18-8-10-19-11-9-18/h12-13H,4-11H2,1-3H3. The molecular weight excluding hydrogens is 250 g/mol. The van der Waals surface area contributed by atoms with E-state index in [1.54, 1.807) is 0 Å². The molecule has 3 heteroatoms. The summed E-state index contributed by atoms with van der Waals surface area (Å²) in [5.74, 6) is 1.06. The van der Waals surface area contributed by atoms with E-state index in [0.29, 0.717) is 0 Å². The molecule has 1 heterocycles. The zero-order valence-electron chi connectivity index (χ0n) is 13.1. The Bertz CT molecular complexity index is 402. The molecule has 0 saturated carbocycles. The monoisotopic (exact) mass is 277 g/mol. The molecule has 0 amide bonds. The van der Waals surface area contributed by atoms with E-state index in [9.17, 15) is 0 Å². The predicted octanol–water partition coefficient (Wildman–Crippen LogP) is 2.97. The lowest BCUT2D eigenvalue weighted by atomic mass is 10.0. The quantitative estimate of drug-likeness (QED) is 0.798. The Morgan fingerprint density at radius 2 is 1.80 bits per heavy atom. The second-order valence-electron chi connectivity index (χ2n) is 5.55. The number of nitrogens with zero attached hydrogens (tertiary/aromatic N) is 1. The molecule has 0 radical (unpaired) electrons. The van der Waals surface area contributed by atoms with Crippen LogP contribution in [0.25, 0.3) is 0 Å². The maximum atomic E-state index is 5.70. The summed E-state index contributed by atoms with van der Waals surface area (Å²) in [7, 11) is 0. The first kappa shape index (κ1) is 15.3. The smallest absolute Gasteiger partial charge is 0.125 e. The molecule has 1 fully saturated rings. The van der Waals surface area contributed by atoms with Gasteiger partial charge in [-0.2, -0.15) is 0 Å². The predicted molar refractivity (Wildman–Crippen MR) is 82.7 cm³/mol. The van der Waals surface area contributed by atoms with Crippen molar-refractivity contribution < 1.29 is 9.47 Å². The Morgan fingerprint density at radius 1 is 1.15 bits per heavy atom. The van der Waals surface area contributed by atoms with Crippen molar-refractivity contribution >= 4 is 0 Å². The molecule has 0 aromatic heterocycles. The first-order valence-corrected chi connectivity index (χ1v) is 7.73. The zero-order chi connectivity index (χ0) is 14.4. The van der Waals surface area contributed by atoms with E-state index in [2.05, 4.69) is 30.9 Å². The van der Waals surface area contributed by atoms with E-state index in [1.807, 2.05) is 6.92 Å². The Hall–Kier alpha value is -1.06. The van der Waals surface area contributed by atoms with Gasteiger partial charge in [-0.1, -0.05) is 12.1 Å². The van der Waals surface area contributed by atoms with Gasteiger partial charge in [0.2, 0.25) is 0 Å². The lowest BCUT2D eigenvalue weighted by Gasteiger charge is -2.26. The minimum absolute atomic E-state index is 0.734. The van der Waals surface area contributed by atoms with Gasteiger partial charge in [0.15, 0.2) is 0 Å². The van der Waals surface area contributed by atoms with Crippen molar-refractivity contribution in [3.63, 3.8) is 0 Å². The van der Waals surface area contributed by atoms with Gasteiger partial charge in [0.05, 0.1) is 19.8 Å². The van der Waals surface area contributed by atoms with Crippen molar-refractivity contribution in [2.45, 2.75) is 33.6 Å². The largest absolute Gasteiger partial charge is 0.493 e. The van der Waals surface area contributed by atoms with Crippen LogP contribution in [0, 0.1) is 13.8 Å². The van der Waals surface area contributed by atoms with Crippen LogP contribution < -0.4 is 4.74 Å². The molecule has 1 aromatic carbocycles. The molecule has 1 saturated heterocycles. The Morgan fingerprint density at radius 3 is 2.40 bits per heavy atom. The maximum absolute atomic E-state index is 5.70. The molecule has 0 N–H and O–H groups in total. The van der Waals surface area contributed by atoms with Gasteiger partial charge in [0.25, 0.3) is 0 Å². The van der Waals surface area contributed by atoms with E-state index >= 15 is 0 Å². The molecule has 0 aliphatic carbocycles. The van der Waals surface area contributed by atoms with E-state index in [-0.39, 0.29) is 0 Å². The first-order valence-electron chi connectivity index (χ1n) is 7.73. The molecule has 2 rings (SSSR count). The van der Waals surface area contributed by atoms with Gasteiger partial charge < -0.3 is 9.47 Å². The van der Waals surface area contributed by atoms with Crippen LogP contribution >= 0.6 is 0 Å². The lowest BCUT2D eigenvalue weighted by molar-refractivity contribution is 0.0374. The van der Waals surface area contributed by atoms with Gasteiger partial charge >= 0.3 is 0 Å². The molecule has 20 heavy (non-hydrogen) atoms. The Kier molecular flexibility index (Phi) is 5.86. The maximum Gasteiger partial charge on any atom is 0.125 e. The van der Waals surface area contributed by atoms with Crippen molar-refractivity contribution in [2.75, 3.05) is 39.5 Å². The fourth-order valence-electron chi connectivity index (χ4n) is 2.89. The summed E-state index contributed by atoms with van der Waals surface area (Å²) < 4.78 is 11.1. The second-order valence-corrected chi connectivity index (χ2v) is 5.55. The second kappa shape index (κ2) is 7.65. The van der Waals surface area contributed by atoms with Crippen molar-refractivity contribution in [1.82, 2.24) is 4.90 Å². The topological polar surface area (TPSA) is 21.7 Å². The number of rotatable bonds is 6. The summed E-state index contributed by atoms with van der Waals surface area (Å²) >= 11 is 0. The SMILES string of the molecule is CCOc1c(C)cc(CCCN2CCOCC2)cc1C.